The van der Waals surface area contributed by atoms with Gasteiger partial charge in [-0.25, -0.2) is 9.18 Å². The minimum atomic E-state index is -0.496. The smallest absolute Gasteiger partial charge is 0.408 e. The Bertz CT molecular complexity index is 851. The second-order valence-electron chi connectivity index (χ2n) is 5.02. The number of oxazole rings is 1. The lowest BCUT2D eigenvalue weighted by molar-refractivity contribution is 0.552. The van der Waals surface area contributed by atoms with Crippen molar-refractivity contribution in [3.8, 4) is 0 Å². The zero-order chi connectivity index (χ0) is 15.0. The summed E-state index contributed by atoms with van der Waals surface area (Å²) in [5, 5.41) is 3.10. The van der Waals surface area contributed by atoms with Crippen molar-refractivity contribution in [1.82, 2.24) is 10.3 Å². The molecule has 0 aliphatic carbocycles. The maximum absolute atomic E-state index is 14.2. The van der Waals surface area contributed by atoms with Crippen LogP contribution in [0.15, 0.2) is 45.6 Å². The molecule has 3 aromatic rings. The molecule has 3 rings (SSSR count). The van der Waals surface area contributed by atoms with E-state index in [1.165, 1.54) is 6.07 Å². The van der Waals surface area contributed by atoms with E-state index in [0.717, 1.165) is 11.1 Å². The summed E-state index contributed by atoms with van der Waals surface area (Å²) in [6, 6.07) is 10.2. The number of benzene rings is 2. The summed E-state index contributed by atoms with van der Waals surface area (Å²) >= 11 is 0. The number of aromatic amines is 1. The fourth-order valence-corrected chi connectivity index (χ4v) is 2.51. The minimum Gasteiger partial charge on any atom is -0.408 e. The van der Waals surface area contributed by atoms with E-state index in [2.05, 4.69) is 10.3 Å². The van der Waals surface area contributed by atoms with Crippen molar-refractivity contribution in [2.45, 2.75) is 13.0 Å². The second-order valence-corrected chi connectivity index (χ2v) is 5.02. The van der Waals surface area contributed by atoms with E-state index in [1.54, 1.807) is 25.2 Å². The summed E-state index contributed by atoms with van der Waals surface area (Å²) in [5.74, 6) is -0.755. The normalized spacial score (nSPS) is 12.7. The first kappa shape index (κ1) is 13.6. The lowest BCUT2D eigenvalue weighted by Crippen LogP contribution is -2.19. The molecule has 0 aliphatic heterocycles. The molecule has 0 fully saturated rings. The Labute approximate surface area is 120 Å². The second kappa shape index (κ2) is 5.18. The van der Waals surface area contributed by atoms with Gasteiger partial charge in [-0.05, 0) is 43.3 Å². The van der Waals surface area contributed by atoms with Gasteiger partial charge in [0.05, 0.1) is 11.6 Å². The highest BCUT2D eigenvalue weighted by Crippen LogP contribution is 2.26. The first-order valence-electron chi connectivity index (χ1n) is 6.64. The van der Waals surface area contributed by atoms with Gasteiger partial charge in [-0.2, -0.15) is 0 Å². The van der Waals surface area contributed by atoms with Gasteiger partial charge in [-0.15, -0.1) is 0 Å². The molecule has 1 unspecified atom stereocenters. The van der Waals surface area contributed by atoms with Crippen LogP contribution in [0.1, 0.15) is 22.7 Å². The summed E-state index contributed by atoms with van der Waals surface area (Å²) in [5.41, 5.74) is 3.35. The van der Waals surface area contributed by atoms with Crippen LogP contribution in [0, 0.1) is 12.7 Å². The predicted octanol–water partition coefficient (Wildman–Crippen LogP) is 2.88. The molecule has 2 aromatic carbocycles. The third kappa shape index (κ3) is 2.48. The molecule has 5 heteroatoms. The monoisotopic (exact) mass is 286 g/mol. The number of halogens is 1. The van der Waals surface area contributed by atoms with Crippen molar-refractivity contribution in [1.29, 1.82) is 0 Å². The standard InChI is InChI=1S/C16H15FN2O2/c1-9-3-5-11(12(17)7-9)15(18-2)10-4-6-13-14(8-10)21-16(20)19-13/h3-8,15,18H,1-2H3,(H,19,20). The van der Waals surface area contributed by atoms with Gasteiger partial charge in [0.25, 0.3) is 0 Å². The number of H-pyrrole nitrogens is 1. The van der Waals surface area contributed by atoms with Crippen molar-refractivity contribution in [2.24, 2.45) is 0 Å². The highest BCUT2D eigenvalue weighted by Gasteiger charge is 2.17. The SMILES string of the molecule is CNC(c1ccc2[nH]c(=O)oc2c1)c1ccc(C)cc1F. The molecule has 0 bridgehead atoms. The lowest BCUT2D eigenvalue weighted by atomic mass is 9.97. The zero-order valence-corrected chi connectivity index (χ0v) is 11.7. The molecule has 0 saturated carbocycles. The fraction of sp³-hybridized carbons (Fsp3) is 0.188. The lowest BCUT2D eigenvalue weighted by Gasteiger charge is -2.18. The molecule has 4 nitrogen and oxygen atoms in total. The molecule has 108 valence electrons. The first-order chi connectivity index (χ1) is 10.1. The van der Waals surface area contributed by atoms with Gasteiger partial charge in [0.15, 0.2) is 5.58 Å². The summed E-state index contributed by atoms with van der Waals surface area (Å²) in [6.07, 6.45) is 0. The van der Waals surface area contributed by atoms with Crippen LogP contribution < -0.4 is 11.1 Å². The van der Waals surface area contributed by atoms with E-state index >= 15 is 0 Å². The molecule has 1 heterocycles. The number of hydrogen-bond donors (Lipinski definition) is 2. The third-order valence-electron chi connectivity index (χ3n) is 3.53. The van der Waals surface area contributed by atoms with Crippen LogP contribution in [-0.4, -0.2) is 12.0 Å². The van der Waals surface area contributed by atoms with Crippen LogP contribution in [0.3, 0.4) is 0 Å². The molecule has 21 heavy (non-hydrogen) atoms. The number of fused-ring (bicyclic) bond motifs is 1. The molecule has 2 N–H and O–H groups in total. The Morgan fingerprint density at radius 2 is 2.05 bits per heavy atom. The van der Waals surface area contributed by atoms with Gasteiger partial charge >= 0.3 is 5.76 Å². The van der Waals surface area contributed by atoms with Crippen molar-refractivity contribution >= 4 is 11.1 Å². The van der Waals surface area contributed by atoms with Crippen LogP contribution in [0.5, 0.6) is 0 Å². The van der Waals surface area contributed by atoms with Gasteiger partial charge in [-0.1, -0.05) is 18.2 Å². The first-order valence-corrected chi connectivity index (χ1v) is 6.64. The van der Waals surface area contributed by atoms with Crippen LogP contribution in [0.25, 0.3) is 11.1 Å². The molecule has 0 radical (unpaired) electrons. The Morgan fingerprint density at radius 3 is 2.76 bits per heavy atom. The zero-order valence-electron chi connectivity index (χ0n) is 11.7. The third-order valence-corrected chi connectivity index (χ3v) is 3.53. The van der Waals surface area contributed by atoms with Crippen LogP contribution >= 0.6 is 0 Å². The number of hydrogen-bond acceptors (Lipinski definition) is 3. The van der Waals surface area contributed by atoms with Gasteiger partial charge in [0, 0.05) is 5.56 Å². The van der Waals surface area contributed by atoms with E-state index in [1.807, 2.05) is 19.1 Å². The molecule has 0 aliphatic rings. The maximum atomic E-state index is 14.2. The average molecular weight is 286 g/mol. The van der Waals surface area contributed by atoms with Crippen LogP contribution in [0.2, 0.25) is 0 Å². The maximum Gasteiger partial charge on any atom is 0.417 e. The highest BCUT2D eigenvalue weighted by atomic mass is 19.1. The van der Waals surface area contributed by atoms with E-state index in [-0.39, 0.29) is 11.9 Å². The summed E-state index contributed by atoms with van der Waals surface area (Å²) in [6.45, 7) is 1.85. The predicted molar refractivity (Wildman–Crippen MR) is 78.9 cm³/mol. The Morgan fingerprint density at radius 1 is 1.24 bits per heavy atom. The number of aromatic nitrogens is 1. The van der Waals surface area contributed by atoms with Crippen molar-refractivity contribution in [3.63, 3.8) is 0 Å². The van der Waals surface area contributed by atoms with E-state index in [9.17, 15) is 9.18 Å². The van der Waals surface area contributed by atoms with Crippen molar-refractivity contribution < 1.29 is 8.81 Å². The summed E-state index contributed by atoms with van der Waals surface area (Å²) in [4.78, 5) is 13.8. The quantitative estimate of drug-likeness (QED) is 0.778. The molecule has 0 saturated heterocycles. The largest absolute Gasteiger partial charge is 0.417 e. The minimum absolute atomic E-state index is 0.259. The Kier molecular flexibility index (Phi) is 3.35. The Balaban J connectivity index is 2.10. The molecular formula is C16H15FN2O2. The van der Waals surface area contributed by atoms with Gasteiger partial charge in [-0.3, -0.25) is 4.98 Å². The van der Waals surface area contributed by atoms with Crippen LogP contribution in [0.4, 0.5) is 4.39 Å². The molecule has 0 spiro atoms. The fourth-order valence-electron chi connectivity index (χ4n) is 2.51. The highest BCUT2D eigenvalue weighted by molar-refractivity contribution is 5.73. The van der Waals surface area contributed by atoms with Gasteiger partial charge < -0.3 is 9.73 Å². The van der Waals surface area contributed by atoms with E-state index in [0.29, 0.717) is 16.7 Å². The average Bonchev–Trinajstić information content (AvgIpc) is 2.81. The van der Waals surface area contributed by atoms with Crippen molar-refractivity contribution in [2.75, 3.05) is 7.05 Å². The Hall–Kier alpha value is -2.40. The van der Waals surface area contributed by atoms with E-state index < -0.39 is 5.76 Å². The molecular weight excluding hydrogens is 271 g/mol. The van der Waals surface area contributed by atoms with Gasteiger partial charge in [0.1, 0.15) is 5.82 Å². The number of nitrogens with one attached hydrogen (secondary N) is 2. The topological polar surface area (TPSA) is 58.0 Å². The van der Waals surface area contributed by atoms with E-state index in [4.69, 9.17) is 4.42 Å². The summed E-state index contributed by atoms with van der Waals surface area (Å²) < 4.78 is 19.2. The number of aryl methyl sites for hydroxylation is 1. The summed E-state index contributed by atoms with van der Waals surface area (Å²) in [7, 11) is 1.77. The molecule has 1 atom stereocenters. The van der Waals surface area contributed by atoms with Crippen LogP contribution in [-0.2, 0) is 0 Å². The molecule has 0 amide bonds. The van der Waals surface area contributed by atoms with Gasteiger partial charge in [0.2, 0.25) is 0 Å². The van der Waals surface area contributed by atoms with Crippen molar-refractivity contribution in [3.05, 3.63) is 69.5 Å². The molecule has 1 aromatic heterocycles. The number of rotatable bonds is 3.